The predicted octanol–water partition coefficient (Wildman–Crippen LogP) is 2.73. The number of nitro groups is 1. The van der Waals surface area contributed by atoms with Crippen LogP contribution >= 0.6 is 11.3 Å². The molecule has 1 aromatic carbocycles. The number of benzene rings is 1. The Labute approximate surface area is 171 Å². The van der Waals surface area contributed by atoms with Gasteiger partial charge in [0.05, 0.1) is 17.0 Å². The summed E-state index contributed by atoms with van der Waals surface area (Å²) in [7, 11) is 0. The van der Waals surface area contributed by atoms with Gasteiger partial charge in [0.1, 0.15) is 0 Å². The lowest BCUT2D eigenvalue weighted by molar-refractivity contribution is -0.384. The highest BCUT2D eigenvalue weighted by molar-refractivity contribution is 7.14. The van der Waals surface area contributed by atoms with Crippen LogP contribution < -0.4 is 10.2 Å². The van der Waals surface area contributed by atoms with Crippen molar-refractivity contribution in [2.75, 3.05) is 24.5 Å². The fraction of sp³-hybridized carbons (Fsp3) is 0.316. The van der Waals surface area contributed by atoms with Crippen molar-refractivity contribution in [2.24, 2.45) is 0 Å². The van der Waals surface area contributed by atoms with Crippen molar-refractivity contribution < 1.29 is 14.5 Å². The van der Waals surface area contributed by atoms with Crippen LogP contribution in [0.25, 0.3) is 0 Å². The number of thiazole rings is 1. The Kier molecular flexibility index (Phi) is 6.55. The van der Waals surface area contributed by atoms with Crippen molar-refractivity contribution in [3.05, 3.63) is 63.7 Å². The first-order chi connectivity index (χ1) is 14.0. The van der Waals surface area contributed by atoms with Crippen LogP contribution in [0.3, 0.4) is 0 Å². The van der Waals surface area contributed by atoms with E-state index in [1.54, 1.807) is 33.4 Å². The summed E-state index contributed by atoms with van der Waals surface area (Å²) in [5, 5.41) is 16.1. The van der Waals surface area contributed by atoms with E-state index < -0.39 is 4.92 Å². The summed E-state index contributed by atoms with van der Waals surface area (Å²) in [6, 6.07) is 6.03. The van der Waals surface area contributed by atoms with E-state index in [2.05, 4.69) is 16.9 Å². The minimum atomic E-state index is -0.462. The first kappa shape index (κ1) is 20.5. The van der Waals surface area contributed by atoms with E-state index in [0.717, 1.165) is 6.42 Å². The highest BCUT2D eigenvalue weighted by Crippen LogP contribution is 2.23. The molecule has 0 unspecified atom stereocenters. The van der Waals surface area contributed by atoms with E-state index in [9.17, 15) is 19.7 Å². The van der Waals surface area contributed by atoms with Gasteiger partial charge >= 0.3 is 6.03 Å². The number of urea groups is 1. The molecule has 1 aliphatic rings. The van der Waals surface area contributed by atoms with E-state index in [-0.39, 0.29) is 30.6 Å². The van der Waals surface area contributed by atoms with Crippen LogP contribution in [0.4, 0.5) is 15.6 Å². The van der Waals surface area contributed by atoms with Crippen LogP contribution in [-0.4, -0.2) is 46.4 Å². The lowest BCUT2D eigenvalue weighted by atomic mass is 10.1. The molecule has 0 saturated carbocycles. The van der Waals surface area contributed by atoms with Gasteiger partial charge in [0, 0.05) is 43.7 Å². The summed E-state index contributed by atoms with van der Waals surface area (Å²) >= 11 is 1.32. The number of rotatable bonds is 8. The zero-order valence-electron chi connectivity index (χ0n) is 15.7. The number of amides is 3. The standard InChI is InChI=1S/C19H21N5O4S/c1-2-8-22(12-14-5-3-6-16(10-14)24(27)28)17(25)11-15-13-29-19(21-15)23-9-4-7-20-18(23)26/h2-3,5-6,10,13H,1,4,7-9,11-12H2,(H,20,26). The molecule has 2 aromatic rings. The van der Waals surface area contributed by atoms with Crippen molar-refractivity contribution in [1.82, 2.24) is 15.2 Å². The second-order valence-electron chi connectivity index (χ2n) is 6.53. The van der Waals surface area contributed by atoms with Gasteiger partial charge in [-0.3, -0.25) is 19.8 Å². The molecule has 0 spiro atoms. The molecule has 0 aliphatic carbocycles. The van der Waals surface area contributed by atoms with Crippen molar-refractivity contribution in [2.45, 2.75) is 19.4 Å². The van der Waals surface area contributed by atoms with Gasteiger partial charge in [0.25, 0.3) is 5.69 Å². The van der Waals surface area contributed by atoms with Gasteiger partial charge in [-0.05, 0) is 12.0 Å². The topological polar surface area (TPSA) is 109 Å². The van der Waals surface area contributed by atoms with Gasteiger partial charge in [0.15, 0.2) is 5.13 Å². The van der Waals surface area contributed by atoms with Crippen LogP contribution in [0.2, 0.25) is 0 Å². The summed E-state index contributed by atoms with van der Waals surface area (Å²) < 4.78 is 0. The molecule has 3 rings (SSSR count). The van der Waals surface area contributed by atoms with Gasteiger partial charge in [-0.15, -0.1) is 17.9 Å². The first-order valence-corrected chi connectivity index (χ1v) is 9.97. The summed E-state index contributed by atoms with van der Waals surface area (Å²) in [4.78, 5) is 42.8. The zero-order chi connectivity index (χ0) is 20.8. The molecular weight excluding hydrogens is 394 g/mol. The quantitative estimate of drug-likeness (QED) is 0.405. The molecule has 0 radical (unpaired) electrons. The average Bonchev–Trinajstić information content (AvgIpc) is 3.16. The SMILES string of the molecule is C=CCN(Cc1cccc([N+](=O)[O-])c1)C(=O)Cc1csc(N2CCCNC2=O)n1. The largest absolute Gasteiger partial charge is 0.338 e. The Morgan fingerprint density at radius 1 is 1.48 bits per heavy atom. The maximum absolute atomic E-state index is 12.8. The molecule has 1 N–H and O–H groups in total. The predicted molar refractivity (Wildman–Crippen MR) is 110 cm³/mol. The Bertz CT molecular complexity index is 929. The molecule has 1 saturated heterocycles. The van der Waals surface area contributed by atoms with Crippen molar-refractivity contribution >= 4 is 34.1 Å². The minimum Gasteiger partial charge on any atom is -0.338 e. The van der Waals surface area contributed by atoms with Gasteiger partial charge in [-0.25, -0.2) is 9.78 Å². The number of hydrogen-bond donors (Lipinski definition) is 1. The third kappa shape index (κ3) is 5.17. The third-order valence-electron chi connectivity index (χ3n) is 4.38. The number of carbonyl (C=O) groups is 2. The number of non-ortho nitro benzene ring substituents is 1. The van der Waals surface area contributed by atoms with E-state index in [1.165, 1.54) is 23.5 Å². The minimum absolute atomic E-state index is 0.0162. The van der Waals surface area contributed by atoms with E-state index >= 15 is 0 Å². The molecule has 9 nitrogen and oxygen atoms in total. The lowest BCUT2D eigenvalue weighted by Gasteiger charge is -2.24. The van der Waals surface area contributed by atoms with Crippen LogP contribution in [0, 0.1) is 10.1 Å². The van der Waals surface area contributed by atoms with Crippen LogP contribution in [-0.2, 0) is 17.8 Å². The molecule has 2 heterocycles. The monoisotopic (exact) mass is 415 g/mol. The smallest absolute Gasteiger partial charge is 0.323 e. The fourth-order valence-electron chi connectivity index (χ4n) is 2.98. The fourth-order valence-corrected chi connectivity index (χ4v) is 3.83. The Hall–Kier alpha value is -3.27. The molecule has 1 aromatic heterocycles. The maximum atomic E-state index is 12.8. The number of nitrogens with one attached hydrogen (secondary N) is 1. The number of carbonyl (C=O) groups excluding carboxylic acids is 2. The summed E-state index contributed by atoms with van der Waals surface area (Å²) in [6.45, 7) is 5.48. The Morgan fingerprint density at radius 2 is 2.31 bits per heavy atom. The summed E-state index contributed by atoms with van der Waals surface area (Å²) in [5.74, 6) is -0.170. The normalized spacial score (nSPS) is 13.7. The van der Waals surface area contributed by atoms with Crippen LogP contribution in [0.15, 0.2) is 42.3 Å². The first-order valence-electron chi connectivity index (χ1n) is 9.09. The van der Waals surface area contributed by atoms with Crippen LogP contribution in [0.5, 0.6) is 0 Å². The highest BCUT2D eigenvalue weighted by Gasteiger charge is 2.23. The second-order valence-corrected chi connectivity index (χ2v) is 7.36. The van der Waals surface area contributed by atoms with Gasteiger partial charge in [-0.1, -0.05) is 18.2 Å². The second kappa shape index (κ2) is 9.28. The lowest BCUT2D eigenvalue weighted by Crippen LogP contribution is -2.46. The average molecular weight is 415 g/mol. The molecule has 1 fully saturated rings. The summed E-state index contributed by atoms with van der Waals surface area (Å²) in [5.41, 5.74) is 1.23. The van der Waals surface area contributed by atoms with E-state index in [1.807, 2.05) is 0 Å². The molecular formula is C19H21N5O4S. The molecule has 0 atom stereocenters. The molecule has 152 valence electrons. The highest BCUT2D eigenvalue weighted by atomic mass is 32.1. The number of nitrogens with zero attached hydrogens (tertiary/aromatic N) is 4. The molecule has 10 heteroatoms. The zero-order valence-corrected chi connectivity index (χ0v) is 16.6. The van der Waals surface area contributed by atoms with Crippen molar-refractivity contribution in [3.8, 4) is 0 Å². The Balaban J connectivity index is 1.68. The van der Waals surface area contributed by atoms with Crippen molar-refractivity contribution in [1.29, 1.82) is 0 Å². The third-order valence-corrected chi connectivity index (χ3v) is 5.29. The van der Waals surface area contributed by atoms with Crippen molar-refractivity contribution in [3.63, 3.8) is 0 Å². The van der Waals surface area contributed by atoms with Gasteiger partial charge in [0.2, 0.25) is 5.91 Å². The summed E-state index contributed by atoms with van der Waals surface area (Å²) in [6.07, 6.45) is 2.53. The Morgan fingerprint density at radius 3 is 3.03 bits per heavy atom. The molecule has 1 aliphatic heterocycles. The number of hydrogen-bond acceptors (Lipinski definition) is 6. The molecule has 29 heavy (non-hydrogen) atoms. The van der Waals surface area contributed by atoms with E-state index in [4.69, 9.17) is 0 Å². The molecule has 0 bridgehead atoms. The maximum Gasteiger partial charge on any atom is 0.323 e. The van der Waals surface area contributed by atoms with E-state index in [0.29, 0.717) is 36.0 Å². The number of nitro benzene ring substituents is 1. The van der Waals surface area contributed by atoms with Gasteiger partial charge < -0.3 is 10.2 Å². The number of anilines is 1. The van der Waals surface area contributed by atoms with Crippen LogP contribution in [0.1, 0.15) is 17.7 Å². The van der Waals surface area contributed by atoms with Gasteiger partial charge in [-0.2, -0.15) is 0 Å². The number of aromatic nitrogens is 1. The molecule has 3 amide bonds.